The Balaban J connectivity index is 2.92. The molecule has 2 atom stereocenters. The Morgan fingerprint density at radius 2 is 1.67 bits per heavy atom. The lowest BCUT2D eigenvalue weighted by molar-refractivity contribution is -0.165. The number of carbonyl (C=O) groups is 1. The molecule has 118 valence electrons. The zero-order valence-corrected chi connectivity index (χ0v) is 14.1. The fraction of sp³-hybridized carbons (Fsp3) is 0.611. The fourth-order valence-corrected chi connectivity index (χ4v) is 2.51. The largest absolute Gasteiger partial charge is 0.457 e. The van der Waals surface area contributed by atoms with Crippen LogP contribution >= 0.6 is 0 Å². The average Bonchev–Trinajstić information content (AvgIpc) is 2.37. The van der Waals surface area contributed by atoms with E-state index in [0.29, 0.717) is 12.3 Å². The lowest BCUT2D eigenvalue weighted by Gasteiger charge is -2.41. The quantitative estimate of drug-likeness (QED) is 0.803. The molecule has 1 rings (SSSR count). The van der Waals surface area contributed by atoms with Crippen LogP contribution in [0.25, 0.3) is 0 Å². The Labute approximate surface area is 128 Å². The fourth-order valence-electron chi connectivity index (χ4n) is 2.51. The molecule has 0 aliphatic rings. The molecule has 2 unspecified atom stereocenters. The first-order valence-corrected chi connectivity index (χ1v) is 7.63. The van der Waals surface area contributed by atoms with Crippen LogP contribution in [0.1, 0.15) is 59.6 Å². The summed E-state index contributed by atoms with van der Waals surface area (Å²) in [6, 6.07) is 9.76. The van der Waals surface area contributed by atoms with E-state index in [2.05, 4.69) is 13.8 Å². The van der Waals surface area contributed by atoms with Crippen LogP contribution in [0.2, 0.25) is 0 Å². The molecule has 0 radical (unpaired) electrons. The van der Waals surface area contributed by atoms with E-state index >= 15 is 0 Å². The van der Waals surface area contributed by atoms with E-state index in [-0.39, 0.29) is 12.1 Å². The number of nitrogens with two attached hydrogens (primary N) is 1. The van der Waals surface area contributed by atoms with Crippen molar-refractivity contribution in [2.24, 2.45) is 17.1 Å². The first-order valence-electron chi connectivity index (χ1n) is 7.63. The lowest BCUT2D eigenvalue weighted by atomic mass is 9.68. The molecule has 0 heterocycles. The maximum atomic E-state index is 12.7. The summed E-state index contributed by atoms with van der Waals surface area (Å²) < 4.78 is 5.71. The predicted molar refractivity (Wildman–Crippen MR) is 86.8 cm³/mol. The number of hydrogen-bond acceptors (Lipinski definition) is 3. The van der Waals surface area contributed by atoms with E-state index in [1.54, 1.807) is 0 Å². The highest BCUT2D eigenvalue weighted by Crippen LogP contribution is 2.38. The summed E-state index contributed by atoms with van der Waals surface area (Å²) in [6.07, 6.45) is 0.434. The van der Waals surface area contributed by atoms with Crippen molar-refractivity contribution >= 4 is 5.97 Å². The molecule has 1 aromatic carbocycles. The van der Waals surface area contributed by atoms with Crippen LogP contribution in [0.3, 0.4) is 0 Å². The van der Waals surface area contributed by atoms with Crippen molar-refractivity contribution < 1.29 is 9.53 Å². The second-order valence-electron chi connectivity index (χ2n) is 7.11. The van der Waals surface area contributed by atoms with Gasteiger partial charge in [-0.25, -0.2) is 0 Å². The number of ether oxygens (including phenoxy) is 1. The molecule has 0 aliphatic carbocycles. The van der Waals surface area contributed by atoms with Gasteiger partial charge in [0.25, 0.3) is 0 Å². The molecular formula is C18H29NO2. The van der Waals surface area contributed by atoms with Crippen LogP contribution in [0.15, 0.2) is 30.3 Å². The third-order valence-electron chi connectivity index (χ3n) is 4.24. The molecule has 0 bridgehead atoms. The molecule has 2 N–H and O–H groups in total. The van der Waals surface area contributed by atoms with Crippen molar-refractivity contribution in [3.05, 3.63) is 35.9 Å². The summed E-state index contributed by atoms with van der Waals surface area (Å²) in [7, 11) is 0. The van der Waals surface area contributed by atoms with Gasteiger partial charge in [-0.2, -0.15) is 0 Å². The van der Waals surface area contributed by atoms with Gasteiger partial charge in [0.05, 0.1) is 5.41 Å². The molecule has 3 heteroatoms. The standard InChI is InChI=1S/C18H29NO2/c1-13(2)12-18(6,17(4,5)19)16(20)21-14(3)15-10-8-7-9-11-15/h7-11,13-14H,12,19H2,1-6H3. The monoisotopic (exact) mass is 291 g/mol. The van der Waals surface area contributed by atoms with Crippen molar-refractivity contribution in [3.63, 3.8) is 0 Å². The van der Waals surface area contributed by atoms with Gasteiger partial charge < -0.3 is 10.5 Å². The van der Waals surface area contributed by atoms with Crippen molar-refractivity contribution in [2.75, 3.05) is 0 Å². The lowest BCUT2D eigenvalue weighted by Crippen LogP contribution is -2.55. The van der Waals surface area contributed by atoms with Gasteiger partial charge in [-0.1, -0.05) is 44.2 Å². The first kappa shape index (κ1) is 17.7. The minimum Gasteiger partial charge on any atom is -0.457 e. The minimum atomic E-state index is -0.704. The van der Waals surface area contributed by atoms with E-state index < -0.39 is 11.0 Å². The Hall–Kier alpha value is -1.35. The van der Waals surface area contributed by atoms with Gasteiger partial charge in [-0.05, 0) is 45.6 Å². The Morgan fingerprint density at radius 3 is 2.10 bits per heavy atom. The number of benzene rings is 1. The number of esters is 1. The van der Waals surface area contributed by atoms with Gasteiger partial charge >= 0.3 is 5.97 Å². The van der Waals surface area contributed by atoms with Crippen LogP contribution in [0.5, 0.6) is 0 Å². The van der Waals surface area contributed by atoms with Crippen LogP contribution in [0, 0.1) is 11.3 Å². The van der Waals surface area contributed by atoms with E-state index in [0.717, 1.165) is 5.56 Å². The van der Waals surface area contributed by atoms with Crippen LogP contribution in [0.4, 0.5) is 0 Å². The zero-order valence-electron chi connectivity index (χ0n) is 14.1. The van der Waals surface area contributed by atoms with E-state index in [1.165, 1.54) is 0 Å². The first-order chi connectivity index (χ1) is 9.58. The summed E-state index contributed by atoms with van der Waals surface area (Å²) in [4.78, 5) is 12.7. The van der Waals surface area contributed by atoms with Crippen molar-refractivity contribution in [1.29, 1.82) is 0 Å². The molecule has 0 saturated carbocycles. The minimum absolute atomic E-state index is 0.222. The molecule has 0 amide bonds. The summed E-state index contributed by atoms with van der Waals surface area (Å²) >= 11 is 0. The second kappa shape index (κ2) is 6.61. The van der Waals surface area contributed by atoms with E-state index in [1.807, 2.05) is 58.0 Å². The van der Waals surface area contributed by atoms with Gasteiger partial charge in [-0.15, -0.1) is 0 Å². The van der Waals surface area contributed by atoms with Crippen molar-refractivity contribution in [3.8, 4) is 0 Å². The van der Waals surface area contributed by atoms with E-state index in [9.17, 15) is 4.79 Å². The molecule has 0 saturated heterocycles. The van der Waals surface area contributed by atoms with Crippen molar-refractivity contribution in [1.82, 2.24) is 0 Å². The summed E-state index contributed by atoms with van der Waals surface area (Å²) in [5.41, 5.74) is 5.93. The van der Waals surface area contributed by atoms with Crippen LogP contribution < -0.4 is 5.73 Å². The predicted octanol–water partition coefficient (Wildman–Crippen LogP) is 4.08. The Morgan fingerprint density at radius 1 is 1.14 bits per heavy atom. The van der Waals surface area contributed by atoms with Gasteiger partial charge in [0.2, 0.25) is 0 Å². The number of carbonyl (C=O) groups excluding carboxylic acids is 1. The molecule has 0 spiro atoms. The summed E-state index contributed by atoms with van der Waals surface area (Å²) in [5, 5.41) is 0. The van der Waals surface area contributed by atoms with Crippen LogP contribution in [-0.2, 0) is 9.53 Å². The zero-order chi connectivity index (χ0) is 16.3. The maximum Gasteiger partial charge on any atom is 0.314 e. The SMILES string of the molecule is CC(C)CC(C)(C(=O)OC(C)c1ccccc1)C(C)(C)N. The third kappa shape index (κ3) is 4.31. The molecule has 0 aromatic heterocycles. The third-order valence-corrected chi connectivity index (χ3v) is 4.24. The highest BCUT2D eigenvalue weighted by Gasteiger charge is 2.47. The molecule has 0 fully saturated rings. The molecule has 21 heavy (non-hydrogen) atoms. The summed E-state index contributed by atoms with van der Waals surface area (Å²) in [5.74, 6) is 0.150. The Bertz CT molecular complexity index is 462. The highest BCUT2D eigenvalue weighted by atomic mass is 16.5. The van der Waals surface area contributed by atoms with Gasteiger partial charge in [-0.3, -0.25) is 4.79 Å². The smallest absolute Gasteiger partial charge is 0.314 e. The topological polar surface area (TPSA) is 52.3 Å². The van der Waals surface area contributed by atoms with Crippen molar-refractivity contribution in [2.45, 2.75) is 59.6 Å². The number of rotatable bonds is 6. The van der Waals surface area contributed by atoms with Gasteiger partial charge in [0.15, 0.2) is 0 Å². The average molecular weight is 291 g/mol. The molecular weight excluding hydrogens is 262 g/mol. The van der Waals surface area contributed by atoms with Crippen LogP contribution in [-0.4, -0.2) is 11.5 Å². The molecule has 1 aromatic rings. The second-order valence-corrected chi connectivity index (χ2v) is 7.11. The van der Waals surface area contributed by atoms with Gasteiger partial charge in [0, 0.05) is 5.54 Å². The normalized spacial score (nSPS) is 16.4. The highest BCUT2D eigenvalue weighted by molar-refractivity contribution is 5.78. The molecule has 3 nitrogen and oxygen atoms in total. The summed E-state index contributed by atoms with van der Waals surface area (Å²) in [6.45, 7) is 11.8. The number of hydrogen-bond donors (Lipinski definition) is 1. The Kier molecular flexibility index (Phi) is 5.57. The molecule has 0 aliphatic heterocycles. The maximum absolute atomic E-state index is 12.7. The van der Waals surface area contributed by atoms with Gasteiger partial charge in [0.1, 0.15) is 6.10 Å². The van der Waals surface area contributed by atoms with E-state index in [4.69, 9.17) is 10.5 Å².